The van der Waals surface area contributed by atoms with Gasteiger partial charge in [0.2, 0.25) is 5.91 Å². The van der Waals surface area contributed by atoms with Crippen LogP contribution in [0.3, 0.4) is 0 Å². The van der Waals surface area contributed by atoms with E-state index in [2.05, 4.69) is 5.32 Å². The number of hydrogen-bond donors (Lipinski definition) is 1. The lowest BCUT2D eigenvalue weighted by atomic mass is 9.82. The zero-order chi connectivity index (χ0) is 23.7. The second kappa shape index (κ2) is 9.27. The van der Waals surface area contributed by atoms with E-state index in [1.807, 2.05) is 0 Å². The number of likely N-dealkylation sites (tertiary alicyclic amines) is 1. The van der Waals surface area contributed by atoms with Gasteiger partial charge in [-0.1, -0.05) is 19.3 Å². The fraction of sp³-hybridized carbons (Fsp3) is 0.600. The molecule has 34 heavy (non-hydrogen) atoms. The summed E-state index contributed by atoms with van der Waals surface area (Å²) in [5, 5.41) is 2.88. The number of carbonyl (C=O) groups excluding carboxylic acids is 4. The van der Waals surface area contributed by atoms with E-state index in [0.29, 0.717) is 69.0 Å². The molecule has 1 saturated carbocycles. The van der Waals surface area contributed by atoms with E-state index in [1.54, 1.807) is 23.1 Å². The lowest BCUT2D eigenvalue weighted by Crippen LogP contribution is -2.48. The van der Waals surface area contributed by atoms with Crippen molar-refractivity contribution in [3.63, 3.8) is 0 Å². The summed E-state index contributed by atoms with van der Waals surface area (Å²) in [5.74, 6) is 0.886. The highest BCUT2D eigenvalue weighted by Crippen LogP contribution is 2.34. The highest BCUT2D eigenvalue weighted by Gasteiger charge is 2.51. The molecule has 0 bridgehead atoms. The molecule has 182 valence electrons. The highest BCUT2D eigenvalue weighted by molar-refractivity contribution is 6.07. The molecule has 4 aliphatic rings. The molecule has 1 spiro atoms. The van der Waals surface area contributed by atoms with Gasteiger partial charge in [-0.15, -0.1) is 0 Å². The van der Waals surface area contributed by atoms with Crippen LogP contribution in [0.4, 0.5) is 4.79 Å². The number of piperidine rings is 1. The van der Waals surface area contributed by atoms with Crippen LogP contribution in [0, 0.1) is 5.92 Å². The van der Waals surface area contributed by atoms with Crippen LogP contribution in [0.2, 0.25) is 0 Å². The molecular formula is C25H31N3O6. The molecule has 3 aliphatic heterocycles. The largest absolute Gasteiger partial charge is 0.486 e. The molecule has 0 aromatic heterocycles. The molecule has 0 radical (unpaired) electrons. The molecule has 0 atom stereocenters. The molecule has 0 unspecified atom stereocenters. The number of imide groups is 1. The first-order valence-electron chi connectivity index (χ1n) is 12.3. The fourth-order valence-corrected chi connectivity index (χ4v) is 5.56. The molecule has 1 aromatic carbocycles. The number of ketones is 1. The molecule has 3 heterocycles. The number of urea groups is 1. The molecule has 9 nitrogen and oxygen atoms in total. The minimum atomic E-state index is -0.759. The topological polar surface area (TPSA) is 105 Å². The normalized spacial score (nSPS) is 22.1. The predicted molar refractivity (Wildman–Crippen MR) is 122 cm³/mol. The fourth-order valence-electron chi connectivity index (χ4n) is 5.56. The Morgan fingerprint density at radius 1 is 1.00 bits per heavy atom. The lowest BCUT2D eigenvalue weighted by molar-refractivity contribution is -0.135. The van der Waals surface area contributed by atoms with E-state index >= 15 is 0 Å². The first-order chi connectivity index (χ1) is 16.5. The summed E-state index contributed by atoms with van der Waals surface area (Å²) in [6, 6.07) is 4.90. The first-order valence-corrected chi connectivity index (χ1v) is 12.3. The number of rotatable bonds is 5. The zero-order valence-electron chi connectivity index (χ0n) is 19.3. The molecule has 1 aliphatic carbocycles. The van der Waals surface area contributed by atoms with Crippen LogP contribution in [0.25, 0.3) is 0 Å². The van der Waals surface area contributed by atoms with Crippen molar-refractivity contribution in [2.24, 2.45) is 5.92 Å². The SMILES string of the molecule is O=C(c1ccc2c(c1)OCCO2)C1CCN(C(=O)CCN2C(=O)NC3(CCCCC3)C2=O)CC1. The Balaban J connectivity index is 1.12. The standard InChI is InChI=1S/C25H31N3O6/c29-21(8-13-28-23(31)25(26-24(28)32)9-2-1-3-10-25)27-11-6-17(7-12-27)22(30)18-4-5-19-20(16-18)34-15-14-33-19/h4-5,16-17H,1-3,6-15H2,(H,26,32). The van der Waals surface area contributed by atoms with Gasteiger partial charge >= 0.3 is 6.03 Å². The van der Waals surface area contributed by atoms with Crippen LogP contribution in [-0.4, -0.2) is 71.8 Å². The maximum Gasteiger partial charge on any atom is 0.325 e. The summed E-state index contributed by atoms with van der Waals surface area (Å²) in [6.45, 7) is 2.05. The van der Waals surface area contributed by atoms with Crippen LogP contribution in [0.5, 0.6) is 11.5 Å². The van der Waals surface area contributed by atoms with Crippen molar-refractivity contribution in [3.05, 3.63) is 23.8 Å². The highest BCUT2D eigenvalue weighted by atomic mass is 16.6. The average molecular weight is 470 g/mol. The maximum atomic E-state index is 13.0. The third-order valence-corrected chi connectivity index (χ3v) is 7.55. The van der Waals surface area contributed by atoms with E-state index in [1.165, 1.54) is 4.90 Å². The van der Waals surface area contributed by atoms with Gasteiger partial charge in [0.25, 0.3) is 5.91 Å². The Hall–Kier alpha value is -3.10. The second-order valence-corrected chi connectivity index (χ2v) is 9.66. The first kappa shape index (κ1) is 22.7. The van der Waals surface area contributed by atoms with E-state index < -0.39 is 5.54 Å². The van der Waals surface area contributed by atoms with Gasteiger partial charge in [0.15, 0.2) is 17.3 Å². The number of fused-ring (bicyclic) bond motifs is 1. The van der Waals surface area contributed by atoms with Crippen molar-refractivity contribution >= 4 is 23.6 Å². The molecule has 2 saturated heterocycles. The smallest absolute Gasteiger partial charge is 0.325 e. The quantitative estimate of drug-likeness (QED) is 0.525. The van der Waals surface area contributed by atoms with Crippen molar-refractivity contribution in [1.82, 2.24) is 15.1 Å². The zero-order valence-corrected chi connectivity index (χ0v) is 19.3. The maximum absolute atomic E-state index is 13.0. The number of ether oxygens (including phenoxy) is 2. The predicted octanol–water partition coefficient (Wildman–Crippen LogP) is 2.52. The van der Waals surface area contributed by atoms with Gasteiger partial charge in [0, 0.05) is 37.5 Å². The van der Waals surface area contributed by atoms with E-state index in [-0.39, 0.29) is 42.5 Å². The Labute approximate surface area is 198 Å². The molecule has 4 amide bonds. The van der Waals surface area contributed by atoms with Crippen LogP contribution in [0.1, 0.15) is 61.7 Å². The van der Waals surface area contributed by atoms with Gasteiger partial charge in [0.1, 0.15) is 18.8 Å². The van der Waals surface area contributed by atoms with Crippen molar-refractivity contribution in [3.8, 4) is 11.5 Å². The lowest BCUT2D eigenvalue weighted by Gasteiger charge is -2.32. The average Bonchev–Trinajstić information content (AvgIpc) is 3.10. The number of benzene rings is 1. The third-order valence-electron chi connectivity index (χ3n) is 7.55. The van der Waals surface area contributed by atoms with Crippen LogP contribution < -0.4 is 14.8 Å². The minimum Gasteiger partial charge on any atom is -0.486 e. The molecular weight excluding hydrogens is 438 g/mol. The number of Topliss-reactive ketones (excluding diaryl/α,β-unsaturated/α-hetero) is 1. The van der Waals surface area contributed by atoms with E-state index in [9.17, 15) is 19.2 Å². The summed E-state index contributed by atoms with van der Waals surface area (Å²) in [6.07, 6.45) is 5.57. The summed E-state index contributed by atoms with van der Waals surface area (Å²) < 4.78 is 11.1. The van der Waals surface area contributed by atoms with Crippen molar-refractivity contribution < 1.29 is 28.7 Å². The molecule has 1 N–H and O–H groups in total. The van der Waals surface area contributed by atoms with Gasteiger partial charge in [-0.05, 0) is 43.9 Å². The van der Waals surface area contributed by atoms with Gasteiger partial charge in [0.05, 0.1) is 0 Å². The minimum absolute atomic E-state index is 0.0567. The second-order valence-electron chi connectivity index (χ2n) is 9.66. The van der Waals surface area contributed by atoms with Crippen LogP contribution >= 0.6 is 0 Å². The molecule has 3 fully saturated rings. The molecule has 1 aromatic rings. The van der Waals surface area contributed by atoms with Gasteiger partial charge in [-0.25, -0.2) is 4.79 Å². The van der Waals surface area contributed by atoms with Crippen molar-refractivity contribution in [2.75, 3.05) is 32.8 Å². The summed E-state index contributed by atoms with van der Waals surface area (Å²) in [5.41, 5.74) is -0.158. The van der Waals surface area contributed by atoms with Crippen LogP contribution in [0.15, 0.2) is 18.2 Å². The number of carbonyl (C=O) groups is 4. The number of nitrogens with zero attached hydrogens (tertiary/aromatic N) is 2. The molecule has 9 heteroatoms. The van der Waals surface area contributed by atoms with E-state index in [0.717, 1.165) is 19.3 Å². The van der Waals surface area contributed by atoms with E-state index in [4.69, 9.17) is 9.47 Å². The Morgan fingerprint density at radius 2 is 1.71 bits per heavy atom. The van der Waals surface area contributed by atoms with Gasteiger partial charge in [-0.2, -0.15) is 0 Å². The van der Waals surface area contributed by atoms with Gasteiger partial charge in [-0.3, -0.25) is 19.3 Å². The Kier molecular flexibility index (Phi) is 6.18. The Bertz CT molecular complexity index is 994. The summed E-state index contributed by atoms with van der Waals surface area (Å²) in [7, 11) is 0. The summed E-state index contributed by atoms with van der Waals surface area (Å²) in [4.78, 5) is 54.0. The Morgan fingerprint density at radius 3 is 2.44 bits per heavy atom. The number of nitrogens with one attached hydrogen (secondary N) is 1. The van der Waals surface area contributed by atoms with Crippen molar-refractivity contribution in [2.45, 2.75) is 56.9 Å². The third kappa shape index (κ3) is 4.23. The number of amides is 4. The molecule has 5 rings (SSSR count). The van der Waals surface area contributed by atoms with Gasteiger partial charge < -0.3 is 19.7 Å². The van der Waals surface area contributed by atoms with Crippen molar-refractivity contribution in [1.29, 1.82) is 0 Å². The number of hydrogen-bond acceptors (Lipinski definition) is 6. The monoisotopic (exact) mass is 469 g/mol. The summed E-state index contributed by atoms with van der Waals surface area (Å²) >= 11 is 0. The van der Waals surface area contributed by atoms with Crippen LogP contribution in [-0.2, 0) is 9.59 Å².